The van der Waals surface area contributed by atoms with Crippen molar-refractivity contribution in [1.82, 2.24) is 4.90 Å². The molecule has 2 aliphatic heterocycles. The molecule has 0 saturated carbocycles. The number of halogens is 1. The van der Waals surface area contributed by atoms with E-state index in [1.807, 2.05) is 29.2 Å². The number of carbonyl (C=O) groups excluding carboxylic acids is 1. The number of likely N-dealkylation sites (tertiary alicyclic amines) is 1. The molecule has 0 spiro atoms. The third kappa shape index (κ3) is 4.28. The van der Waals surface area contributed by atoms with Crippen LogP contribution in [0, 0.1) is 0 Å². The third-order valence-corrected chi connectivity index (χ3v) is 5.75. The van der Waals surface area contributed by atoms with Crippen molar-refractivity contribution in [3.05, 3.63) is 59.1 Å². The van der Waals surface area contributed by atoms with E-state index in [1.54, 1.807) is 0 Å². The summed E-state index contributed by atoms with van der Waals surface area (Å²) in [5, 5.41) is 0.757. The van der Waals surface area contributed by atoms with Gasteiger partial charge in [0.2, 0.25) is 5.91 Å². The number of amides is 1. The average Bonchev–Trinajstić information content (AvgIpc) is 2.70. The highest BCUT2D eigenvalue weighted by atomic mass is 35.5. The fraction of sp³-hybridized carbons (Fsp3) is 0.409. The molecule has 0 aromatic heterocycles. The fourth-order valence-corrected chi connectivity index (χ4v) is 4.18. The summed E-state index contributed by atoms with van der Waals surface area (Å²) < 4.78 is 0. The number of benzene rings is 2. The summed E-state index contributed by atoms with van der Waals surface area (Å²) in [6.07, 6.45) is 3.70. The minimum absolute atomic E-state index is 0.218. The Labute approximate surface area is 166 Å². The van der Waals surface area contributed by atoms with Gasteiger partial charge in [0.1, 0.15) is 0 Å². The number of hydrogen-bond donors (Lipinski definition) is 0. The van der Waals surface area contributed by atoms with Crippen molar-refractivity contribution < 1.29 is 4.79 Å². The van der Waals surface area contributed by atoms with Gasteiger partial charge in [0.15, 0.2) is 0 Å². The molecule has 2 heterocycles. The van der Waals surface area contributed by atoms with Crippen molar-refractivity contribution in [3.63, 3.8) is 0 Å². The largest absolute Gasteiger partial charge is 0.364 e. The molecule has 5 heteroatoms. The summed E-state index contributed by atoms with van der Waals surface area (Å²) in [5.74, 6) is 0.218. The molecule has 27 heavy (non-hydrogen) atoms. The molecule has 0 atom stereocenters. The first kappa shape index (κ1) is 18.3. The minimum Gasteiger partial charge on any atom is -0.364 e. The Kier molecular flexibility index (Phi) is 5.65. The lowest BCUT2D eigenvalue weighted by molar-refractivity contribution is -0.120. The lowest BCUT2D eigenvalue weighted by atomic mass is 10.1. The molecule has 0 aliphatic carbocycles. The van der Waals surface area contributed by atoms with E-state index in [0.717, 1.165) is 49.1 Å². The Hall–Kier alpha value is -2.04. The first-order valence-electron chi connectivity index (χ1n) is 9.82. The van der Waals surface area contributed by atoms with Crippen LogP contribution in [0.25, 0.3) is 0 Å². The van der Waals surface area contributed by atoms with Crippen molar-refractivity contribution in [2.45, 2.75) is 25.8 Å². The second-order valence-corrected chi connectivity index (χ2v) is 7.86. The highest BCUT2D eigenvalue weighted by Gasteiger charge is 2.27. The van der Waals surface area contributed by atoms with E-state index in [9.17, 15) is 4.79 Å². The average molecular weight is 384 g/mol. The van der Waals surface area contributed by atoms with Gasteiger partial charge in [-0.15, -0.1) is 0 Å². The molecule has 142 valence electrons. The maximum absolute atomic E-state index is 13.0. The van der Waals surface area contributed by atoms with Gasteiger partial charge in [0, 0.05) is 24.7 Å². The van der Waals surface area contributed by atoms with Crippen molar-refractivity contribution in [2.75, 3.05) is 42.5 Å². The van der Waals surface area contributed by atoms with Crippen LogP contribution in [-0.4, -0.2) is 43.5 Å². The van der Waals surface area contributed by atoms with Crippen LogP contribution in [-0.2, 0) is 11.3 Å². The van der Waals surface area contributed by atoms with E-state index >= 15 is 0 Å². The molecule has 0 unspecified atom stereocenters. The number of anilines is 2. The maximum Gasteiger partial charge on any atom is 0.241 e. The van der Waals surface area contributed by atoms with Gasteiger partial charge in [-0.05, 0) is 55.8 Å². The van der Waals surface area contributed by atoms with Gasteiger partial charge in [-0.2, -0.15) is 0 Å². The fourth-order valence-electron chi connectivity index (χ4n) is 4.05. The Morgan fingerprint density at radius 1 is 0.852 bits per heavy atom. The summed E-state index contributed by atoms with van der Waals surface area (Å²) in [6, 6.07) is 16.3. The number of para-hydroxylation sites is 2. The molecular weight excluding hydrogens is 358 g/mol. The van der Waals surface area contributed by atoms with Gasteiger partial charge < -0.3 is 9.80 Å². The molecule has 1 saturated heterocycles. The standard InChI is InChI=1S/C22H26ClN3O/c23-19-10-8-18(9-11-19)16-25-14-15-26(21-7-3-2-6-20(21)25)22(27)17-24-12-4-1-5-13-24/h2-3,6-11H,1,4-5,12-17H2. The van der Waals surface area contributed by atoms with Gasteiger partial charge in [0.25, 0.3) is 0 Å². The Morgan fingerprint density at radius 2 is 1.56 bits per heavy atom. The summed E-state index contributed by atoms with van der Waals surface area (Å²) in [4.78, 5) is 19.6. The van der Waals surface area contributed by atoms with Crippen LogP contribution in [0.5, 0.6) is 0 Å². The van der Waals surface area contributed by atoms with Crippen LogP contribution >= 0.6 is 11.6 Å². The molecule has 2 aliphatic rings. The Balaban J connectivity index is 1.50. The van der Waals surface area contributed by atoms with Gasteiger partial charge >= 0.3 is 0 Å². The Morgan fingerprint density at radius 3 is 2.30 bits per heavy atom. The lowest BCUT2D eigenvalue weighted by Crippen LogP contribution is -2.48. The van der Waals surface area contributed by atoms with Crippen molar-refractivity contribution in [3.8, 4) is 0 Å². The highest BCUT2D eigenvalue weighted by Crippen LogP contribution is 2.34. The van der Waals surface area contributed by atoms with Gasteiger partial charge in [0.05, 0.1) is 17.9 Å². The molecule has 0 radical (unpaired) electrons. The molecule has 4 nitrogen and oxygen atoms in total. The molecule has 1 amide bonds. The van der Waals surface area contributed by atoms with Crippen LogP contribution in [0.4, 0.5) is 11.4 Å². The van der Waals surface area contributed by atoms with E-state index in [2.05, 4.69) is 34.1 Å². The predicted octanol–water partition coefficient (Wildman–Crippen LogP) is 4.18. The molecular formula is C22H26ClN3O. The molecule has 0 N–H and O–H groups in total. The number of carbonyl (C=O) groups is 1. The minimum atomic E-state index is 0.218. The molecule has 2 aromatic rings. The third-order valence-electron chi connectivity index (χ3n) is 5.50. The first-order chi connectivity index (χ1) is 13.2. The SMILES string of the molecule is O=C(CN1CCCCC1)N1CCN(Cc2ccc(Cl)cc2)c2ccccc21. The van der Waals surface area contributed by atoms with E-state index in [1.165, 1.54) is 24.8 Å². The number of fused-ring (bicyclic) bond motifs is 1. The van der Waals surface area contributed by atoms with E-state index < -0.39 is 0 Å². The topological polar surface area (TPSA) is 26.8 Å². The van der Waals surface area contributed by atoms with Crippen LogP contribution in [0.1, 0.15) is 24.8 Å². The molecule has 0 bridgehead atoms. The van der Waals surface area contributed by atoms with Gasteiger partial charge in [-0.1, -0.05) is 42.3 Å². The van der Waals surface area contributed by atoms with E-state index in [-0.39, 0.29) is 5.91 Å². The van der Waals surface area contributed by atoms with Gasteiger partial charge in [-0.3, -0.25) is 9.69 Å². The van der Waals surface area contributed by atoms with Crippen LogP contribution in [0.2, 0.25) is 5.02 Å². The second kappa shape index (κ2) is 8.32. The molecule has 1 fully saturated rings. The summed E-state index contributed by atoms with van der Waals surface area (Å²) in [6.45, 7) is 5.02. The Bertz CT molecular complexity index is 786. The summed E-state index contributed by atoms with van der Waals surface area (Å²) in [7, 11) is 0. The summed E-state index contributed by atoms with van der Waals surface area (Å²) in [5.41, 5.74) is 3.38. The second-order valence-electron chi connectivity index (χ2n) is 7.42. The van der Waals surface area contributed by atoms with Crippen LogP contribution in [0.15, 0.2) is 48.5 Å². The monoisotopic (exact) mass is 383 g/mol. The highest BCUT2D eigenvalue weighted by molar-refractivity contribution is 6.30. The lowest BCUT2D eigenvalue weighted by Gasteiger charge is -2.39. The zero-order chi connectivity index (χ0) is 18.6. The quantitative estimate of drug-likeness (QED) is 0.792. The first-order valence-corrected chi connectivity index (χ1v) is 10.2. The maximum atomic E-state index is 13.0. The number of hydrogen-bond acceptors (Lipinski definition) is 3. The number of piperidine rings is 1. The predicted molar refractivity (Wildman–Crippen MR) is 112 cm³/mol. The molecule has 4 rings (SSSR count). The zero-order valence-corrected chi connectivity index (χ0v) is 16.4. The van der Waals surface area contributed by atoms with Crippen LogP contribution in [0.3, 0.4) is 0 Å². The normalized spacial score (nSPS) is 17.7. The zero-order valence-electron chi connectivity index (χ0n) is 15.6. The number of nitrogens with zero attached hydrogens (tertiary/aromatic N) is 3. The van der Waals surface area contributed by atoms with Crippen molar-refractivity contribution in [2.24, 2.45) is 0 Å². The van der Waals surface area contributed by atoms with E-state index in [0.29, 0.717) is 6.54 Å². The smallest absolute Gasteiger partial charge is 0.241 e. The van der Waals surface area contributed by atoms with Crippen molar-refractivity contribution in [1.29, 1.82) is 0 Å². The van der Waals surface area contributed by atoms with E-state index in [4.69, 9.17) is 11.6 Å². The van der Waals surface area contributed by atoms with Gasteiger partial charge in [-0.25, -0.2) is 0 Å². The molecule has 2 aromatic carbocycles. The van der Waals surface area contributed by atoms with Crippen LogP contribution < -0.4 is 9.80 Å². The van der Waals surface area contributed by atoms with Crippen molar-refractivity contribution >= 4 is 28.9 Å². The summed E-state index contributed by atoms with van der Waals surface area (Å²) >= 11 is 6.01. The number of rotatable bonds is 4.